The lowest BCUT2D eigenvalue weighted by atomic mass is 10.3. The molecule has 0 aliphatic rings. The summed E-state index contributed by atoms with van der Waals surface area (Å²) in [6.07, 6.45) is 6.14. The second-order valence-corrected chi connectivity index (χ2v) is 3.72. The van der Waals surface area contributed by atoms with Gasteiger partial charge in [0.05, 0.1) is 5.69 Å². The Balaban J connectivity index is 2.33. The molecule has 4 heteroatoms. The van der Waals surface area contributed by atoms with Crippen LogP contribution in [0.15, 0.2) is 24.7 Å². The van der Waals surface area contributed by atoms with Crippen molar-refractivity contribution in [3.05, 3.63) is 30.5 Å². The first-order valence-electron chi connectivity index (χ1n) is 5.07. The third-order valence-corrected chi connectivity index (χ3v) is 2.47. The summed E-state index contributed by atoms with van der Waals surface area (Å²) in [6, 6.07) is 2.06. The molecular formula is C11H16N4. The van der Waals surface area contributed by atoms with Crippen molar-refractivity contribution in [2.45, 2.75) is 13.5 Å². The number of hydrogen-bond acceptors (Lipinski definition) is 2. The van der Waals surface area contributed by atoms with E-state index in [0.717, 1.165) is 23.6 Å². The number of rotatable bonds is 3. The van der Waals surface area contributed by atoms with E-state index in [1.165, 1.54) is 0 Å². The minimum atomic E-state index is 0.644. The van der Waals surface area contributed by atoms with Gasteiger partial charge in [0.15, 0.2) is 0 Å². The topological polar surface area (TPSA) is 48.8 Å². The smallest absolute Gasteiger partial charge is 0.106 e. The first kappa shape index (κ1) is 9.98. The maximum Gasteiger partial charge on any atom is 0.106 e. The number of aryl methyl sites for hydroxylation is 2. The molecule has 15 heavy (non-hydrogen) atoms. The molecule has 4 nitrogen and oxygen atoms in total. The van der Waals surface area contributed by atoms with E-state index in [-0.39, 0.29) is 0 Å². The minimum absolute atomic E-state index is 0.644. The Labute approximate surface area is 89.3 Å². The van der Waals surface area contributed by atoms with E-state index in [0.29, 0.717) is 6.54 Å². The van der Waals surface area contributed by atoms with Gasteiger partial charge < -0.3 is 14.9 Å². The molecule has 0 spiro atoms. The molecule has 2 aromatic heterocycles. The predicted octanol–water partition coefficient (Wildman–Crippen LogP) is 1.16. The van der Waals surface area contributed by atoms with Crippen LogP contribution in [0, 0.1) is 6.92 Å². The standard InChI is InChI=1S/C11H16N4/c1-9-13-11(8-15(9)6-4-12)10-3-5-14(2)7-10/h3,5,7-8H,4,6,12H2,1-2H3. The number of nitrogens with two attached hydrogens (primary N) is 1. The lowest BCUT2D eigenvalue weighted by molar-refractivity contribution is 0.684. The molecule has 2 N–H and O–H groups in total. The molecule has 0 atom stereocenters. The van der Waals surface area contributed by atoms with E-state index >= 15 is 0 Å². The van der Waals surface area contributed by atoms with Gasteiger partial charge in [-0.25, -0.2) is 4.98 Å². The van der Waals surface area contributed by atoms with Crippen LogP contribution in [0.25, 0.3) is 11.3 Å². The average Bonchev–Trinajstić information content (AvgIpc) is 2.75. The van der Waals surface area contributed by atoms with Crippen LogP contribution in [0.1, 0.15) is 5.82 Å². The molecule has 0 amide bonds. The van der Waals surface area contributed by atoms with E-state index in [1.54, 1.807) is 0 Å². The fraction of sp³-hybridized carbons (Fsp3) is 0.364. The second kappa shape index (κ2) is 3.90. The molecule has 0 bridgehead atoms. The van der Waals surface area contributed by atoms with Crippen LogP contribution in [0.3, 0.4) is 0 Å². The third-order valence-electron chi connectivity index (χ3n) is 2.47. The lowest BCUT2D eigenvalue weighted by Gasteiger charge is -1.99. The van der Waals surface area contributed by atoms with E-state index in [9.17, 15) is 0 Å². The van der Waals surface area contributed by atoms with Gasteiger partial charge >= 0.3 is 0 Å². The molecule has 80 valence electrons. The van der Waals surface area contributed by atoms with Crippen molar-refractivity contribution in [2.24, 2.45) is 12.8 Å². The van der Waals surface area contributed by atoms with Gasteiger partial charge in [-0.1, -0.05) is 0 Å². The van der Waals surface area contributed by atoms with Crippen LogP contribution in [-0.4, -0.2) is 20.7 Å². The van der Waals surface area contributed by atoms with Crippen LogP contribution < -0.4 is 5.73 Å². The average molecular weight is 204 g/mol. The normalized spacial score (nSPS) is 10.9. The van der Waals surface area contributed by atoms with Crippen molar-refractivity contribution in [3.63, 3.8) is 0 Å². The SMILES string of the molecule is Cc1nc(-c2ccn(C)c2)cn1CCN. The highest BCUT2D eigenvalue weighted by Crippen LogP contribution is 2.18. The quantitative estimate of drug-likeness (QED) is 0.815. The summed E-state index contributed by atoms with van der Waals surface area (Å²) >= 11 is 0. The first-order valence-corrected chi connectivity index (χ1v) is 5.07. The lowest BCUT2D eigenvalue weighted by Crippen LogP contribution is -2.10. The molecule has 0 radical (unpaired) electrons. The zero-order valence-electron chi connectivity index (χ0n) is 9.14. The van der Waals surface area contributed by atoms with Crippen molar-refractivity contribution in [1.82, 2.24) is 14.1 Å². The Bertz CT molecular complexity index is 453. The summed E-state index contributed by atoms with van der Waals surface area (Å²) in [7, 11) is 2.01. The highest BCUT2D eigenvalue weighted by Gasteiger charge is 2.06. The highest BCUT2D eigenvalue weighted by molar-refractivity contribution is 5.57. The van der Waals surface area contributed by atoms with Crippen LogP contribution >= 0.6 is 0 Å². The molecule has 0 aliphatic carbocycles. The largest absolute Gasteiger partial charge is 0.357 e. The highest BCUT2D eigenvalue weighted by atomic mass is 15.1. The van der Waals surface area contributed by atoms with Gasteiger partial charge in [0.25, 0.3) is 0 Å². The van der Waals surface area contributed by atoms with Gasteiger partial charge in [0, 0.05) is 44.3 Å². The Morgan fingerprint density at radius 2 is 2.20 bits per heavy atom. The van der Waals surface area contributed by atoms with Gasteiger partial charge in [-0.05, 0) is 13.0 Å². The Morgan fingerprint density at radius 1 is 1.40 bits per heavy atom. The number of imidazole rings is 1. The third kappa shape index (κ3) is 1.94. The van der Waals surface area contributed by atoms with Crippen molar-refractivity contribution < 1.29 is 0 Å². The summed E-state index contributed by atoms with van der Waals surface area (Å²) < 4.78 is 4.11. The molecule has 2 aromatic rings. The van der Waals surface area contributed by atoms with Crippen molar-refractivity contribution in [3.8, 4) is 11.3 Å². The van der Waals surface area contributed by atoms with Crippen LogP contribution in [-0.2, 0) is 13.6 Å². The van der Waals surface area contributed by atoms with Crippen molar-refractivity contribution in [2.75, 3.05) is 6.54 Å². The van der Waals surface area contributed by atoms with Crippen LogP contribution in [0.5, 0.6) is 0 Å². The van der Waals surface area contributed by atoms with Gasteiger partial charge in [-0.15, -0.1) is 0 Å². The van der Waals surface area contributed by atoms with Crippen molar-refractivity contribution >= 4 is 0 Å². The summed E-state index contributed by atoms with van der Waals surface area (Å²) in [5, 5.41) is 0. The zero-order chi connectivity index (χ0) is 10.8. The monoisotopic (exact) mass is 204 g/mol. The summed E-state index contributed by atoms with van der Waals surface area (Å²) in [5.41, 5.74) is 7.69. The molecule has 0 unspecified atom stereocenters. The molecular weight excluding hydrogens is 188 g/mol. The number of hydrogen-bond donors (Lipinski definition) is 1. The fourth-order valence-electron chi connectivity index (χ4n) is 1.67. The van der Waals surface area contributed by atoms with E-state index in [4.69, 9.17) is 5.73 Å². The number of aromatic nitrogens is 3. The van der Waals surface area contributed by atoms with Crippen LogP contribution in [0.2, 0.25) is 0 Å². The number of nitrogens with zero attached hydrogens (tertiary/aromatic N) is 3. The van der Waals surface area contributed by atoms with Crippen LogP contribution in [0.4, 0.5) is 0 Å². The van der Waals surface area contributed by atoms with E-state index in [1.807, 2.05) is 24.7 Å². The molecule has 0 fully saturated rings. The van der Waals surface area contributed by atoms with Gasteiger partial charge in [0.1, 0.15) is 5.82 Å². The van der Waals surface area contributed by atoms with Gasteiger partial charge in [-0.3, -0.25) is 0 Å². The fourth-order valence-corrected chi connectivity index (χ4v) is 1.67. The first-order chi connectivity index (χ1) is 7.20. The molecule has 2 rings (SSSR count). The maximum atomic E-state index is 5.53. The summed E-state index contributed by atoms with van der Waals surface area (Å²) in [6.45, 7) is 3.47. The molecule has 2 heterocycles. The molecule has 0 aromatic carbocycles. The summed E-state index contributed by atoms with van der Waals surface area (Å²) in [4.78, 5) is 4.51. The zero-order valence-corrected chi connectivity index (χ0v) is 9.14. The predicted molar refractivity (Wildman–Crippen MR) is 60.4 cm³/mol. The van der Waals surface area contributed by atoms with Gasteiger partial charge in [0.2, 0.25) is 0 Å². The van der Waals surface area contributed by atoms with Crippen molar-refractivity contribution in [1.29, 1.82) is 0 Å². The summed E-state index contributed by atoms with van der Waals surface area (Å²) in [5.74, 6) is 1.01. The van der Waals surface area contributed by atoms with Gasteiger partial charge in [-0.2, -0.15) is 0 Å². The Kier molecular flexibility index (Phi) is 2.60. The second-order valence-electron chi connectivity index (χ2n) is 3.72. The van der Waals surface area contributed by atoms with E-state index in [2.05, 4.69) is 28.0 Å². The molecule has 0 saturated carbocycles. The molecule has 0 aliphatic heterocycles. The Morgan fingerprint density at radius 3 is 2.80 bits per heavy atom. The molecule has 0 saturated heterocycles. The minimum Gasteiger partial charge on any atom is -0.357 e. The Hall–Kier alpha value is -1.55. The van der Waals surface area contributed by atoms with E-state index < -0.39 is 0 Å². The maximum absolute atomic E-state index is 5.53.